The highest BCUT2D eigenvalue weighted by Crippen LogP contribution is 2.54. The molecule has 1 aromatic rings. The third-order valence-electron chi connectivity index (χ3n) is 6.88. The van der Waals surface area contributed by atoms with Gasteiger partial charge in [0.05, 0.1) is 6.61 Å². The molecule has 2 aliphatic rings. The third kappa shape index (κ3) is 7.17. The van der Waals surface area contributed by atoms with Crippen molar-refractivity contribution in [3.05, 3.63) is 34.9 Å². The quantitative estimate of drug-likeness (QED) is 0.124. The molecule has 0 amide bonds. The average molecular weight is 495 g/mol. The molecule has 0 aromatic heterocycles. The lowest BCUT2D eigenvalue weighted by molar-refractivity contribution is -0.134. The zero-order valence-corrected chi connectivity index (χ0v) is 21.7. The summed E-state index contributed by atoms with van der Waals surface area (Å²) >= 11 is 0. The van der Waals surface area contributed by atoms with Crippen molar-refractivity contribution in [2.45, 2.75) is 97.0 Å². The van der Waals surface area contributed by atoms with E-state index >= 15 is 0 Å². The Balaban J connectivity index is 1.81. The lowest BCUT2D eigenvalue weighted by Crippen LogP contribution is -2.45. The third-order valence-corrected chi connectivity index (χ3v) is 7.39. The number of phosphoric acid groups is 1. The molecule has 0 bridgehead atoms. The number of benzene rings is 1. The van der Waals surface area contributed by atoms with Gasteiger partial charge in [-0.2, -0.15) is 0 Å². The SMILES string of the molecule is CCCCCc1cc(OC(=O)CCCCOP(=O)(O)O)c2c(c1)OC(C)(C)[C@@H]1CC=C(C)C[C@@H]21. The molecule has 190 valence electrons. The topological polar surface area (TPSA) is 102 Å². The summed E-state index contributed by atoms with van der Waals surface area (Å²) in [5, 5.41) is 0. The zero-order valence-electron chi connectivity index (χ0n) is 20.8. The number of aryl methyl sites for hydroxylation is 1. The average Bonchev–Trinajstić information content (AvgIpc) is 2.72. The number of esters is 1. The van der Waals surface area contributed by atoms with Gasteiger partial charge < -0.3 is 19.3 Å². The minimum atomic E-state index is -4.48. The van der Waals surface area contributed by atoms with Crippen molar-refractivity contribution in [3.8, 4) is 11.5 Å². The highest BCUT2D eigenvalue weighted by molar-refractivity contribution is 7.46. The van der Waals surface area contributed by atoms with Crippen LogP contribution < -0.4 is 9.47 Å². The molecule has 0 saturated heterocycles. The fraction of sp³-hybridized carbons (Fsp3) is 0.654. The van der Waals surface area contributed by atoms with Gasteiger partial charge in [-0.25, -0.2) is 4.57 Å². The summed E-state index contributed by atoms with van der Waals surface area (Å²) in [7, 11) is -4.48. The molecule has 1 aliphatic heterocycles. The van der Waals surface area contributed by atoms with Crippen molar-refractivity contribution in [1.29, 1.82) is 0 Å². The summed E-state index contributed by atoms with van der Waals surface area (Å²) in [5.41, 5.74) is 3.15. The second-order valence-electron chi connectivity index (χ2n) is 10.1. The van der Waals surface area contributed by atoms with Gasteiger partial charge >= 0.3 is 13.8 Å². The molecular weight excluding hydrogens is 455 g/mol. The zero-order chi connectivity index (χ0) is 24.9. The molecule has 3 rings (SSSR count). The van der Waals surface area contributed by atoms with Crippen LogP contribution in [-0.4, -0.2) is 28.0 Å². The van der Waals surface area contributed by atoms with Crippen LogP contribution in [0.3, 0.4) is 0 Å². The molecule has 2 atom stereocenters. The van der Waals surface area contributed by atoms with Crippen molar-refractivity contribution in [2.75, 3.05) is 6.61 Å². The summed E-state index contributed by atoms with van der Waals surface area (Å²) < 4.78 is 27.7. The molecule has 0 saturated carbocycles. The van der Waals surface area contributed by atoms with Crippen LogP contribution in [0.5, 0.6) is 11.5 Å². The van der Waals surface area contributed by atoms with E-state index in [2.05, 4.69) is 44.4 Å². The Morgan fingerprint density at radius 1 is 1.21 bits per heavy atom. The van der Waals surface area contributed by atoms with Crippen molar-refractivity contribution in [3.63, 3.8) is 0 Å². The van der Waals surface area contributed by atoms with Gasteiger partial charge in [0.1, 0.15) is 17.1 Å². The number of hydrogen-bond donors (Lipinski definition) is 2. The van der Waals surface area contributed by atoms with Crippen molar-refractivity contribution < 1.29 is 33.1 Å². The summed E-state index contributed by atoms with van der Waals surface area (Å²) in [6, 6.07) is 4.14. The highest BCUT2D eigenvalue weighted by atomic mass is 31.2. The smallest absolute Gasteiger partial charge is 0.469 e. The monoisotopic (exact) mass is 494 g/mol. The second-order valence-corrected chi connectivity index (χ2v) is 11.4. The van der Waals surface area contributed by atoms with Gasteiger partial charge in [0.15, 0.2) is 0 Å². The van der Waals surface area contributed by atoms with E-state index in [0.29, 0.717) is 24.5 Å². The molecule has 0 radical (unpaired) electrons. The van der Waals surface area contributed by atoms with Gasteiger partial charge in [0.25, 0.3) is 0 Å². The Morgan fingerprint density at radius 2 is 1.97 bits per heavy atom. The lowest BCUT2D eigenvalue weighted by Gasteiger charge is -2.47. The van der Waals surface area contributed by atoms with Gasteiger partial charge in [0, 0.05) is 23.8 Å². The van der Waals surface area contributed by atoms with Gasteiger partial charge in [0.2, 0.25) is 0 Å². The van der Waals surface area contributed by atoms with Crippen LogP contribution in [-0.2, 0) is 20.3 Å². The molecule has 0 unspecified atom stereocenters. The molecule has 1 heterocycles. The van der Waals surface area contributed by atoms with E-state index in [9.17, 15) is 9.36 Å². The minimum absolute atomic E-state index is 0.0990. The normalized spacial score (nSPS) is 21.2. The number of rotatable bonds is 11. The number of carbonyl (C=O) groups excluding carboxylic acids is 1. The molecule has 0 fully saturated rings. The van der Waals surface area contributed by atoms with Gasteiger partial charge in [-0.05, 0) is 77.0 Å². The fourth-order valence-corrected chi connectivity index (χ4v) is 5.50. The number of allylic oxidation sites excluding steroid dienone is 2. The number of carbonyl (C=O) groups is 1. The Kier molecular flexibility index (Phi) is 9.02. The largest absolute Gasteiger partial charge is 0.487 e. The molecular formula is C26H39O7P. The maximum Gasteiger partial charge on any atom is 0.469 e. The van der Waals surface area contributed by atoms with Crippen LogP contribution in [0, 0.1) is 5.92 Å². The van der Waals surface area contributed by atoms with Crippen molar-refractivity contribution in [1.82, 2.24) is 0 Å². The van der Waals surface area contributed by atoms with Crippen LogP contribution in [0.4, 0.5) is 0 Å². The van der Waals surface area contributed by atoms with Crippen LogP contribution in [0.25, 0.3) is 0 Å². The van der Waals surface area contributed by atoms with E-state index in [1.54, 1.807) is 0 Å². The van der Waals surface area contributed by atoms with E-state index in [1.165, 1.54) is 5.57 Å². The Hall–Kier alpha value is -1.66. The summed E-state index contributed by atoms with van der Waals surface area (Å²) in [6.45, 7) is 8.53. The van der Waals surface area contributed by atoms with Gasteiger partial charge in [-0.15, -0.1) is 0 Å². The predicted octanol–water partition coefficient (Wildman–Crippen LogP) is 6.22. The predicted molar refractivity (Wildman–Crippen MR) is 131 cm³/mol. The minimum Gasteiger partial charge on any atom is -0.487 e. The van der Waals surface area contributed by atoms with E-state index in [-0.39, 0.29) is 30.5 Å². The van der Waals surface area contributed by atoms with Crippen LogP contribution >= 0.6 is 7.82 Å². The maximum absolute atomic E-state index is 12.7. The van der Waals surface area contributed by atoms with Crippen molar-refractivity contribution >= 4 is 13.8 Å². The Bertz CT molecular complexity index is 947. The van der Waals surface area contributed by atoms with E-state index in [0.717, 1.165) is 55.4 Å². The molecule has 8 heteroatoms. The maximum atomic E-state index is 12.7. The van der Waals surface area contributed by atoms with Gasteiger partial charge in [-0.1, -0.05) is 31.4 Å². The first-order valence-corrected chi connectivity index (χ1v) is 14.0. The summed E-state index contributed by atoms with van der Waals surface area (Å²) in [4.78, 5) is 30.2. The summed E-state index contributed by atoms with van der Waals surface area (Å²) in [5.74, 6) is 1.60. The second kappa shape index (κ2) is 11.4. The number of phosphoric ester groups is 1. The number of ether oxygens (including phenoxy) is 2. The standard InChI is InChI=1S/C26H39O7P/c1-5-6-7-10-19-16-22(32-24(27)11-8-9-14-31-34(28,29)30)25-20-15-18(2)12-13-21(20)26(3,4)33-23(25)17-19/h12,16-17,20-21H,5-11,13-15H2,1-4H3,(H2,28,29,30)/t20-,21-/m1/s1. The Morgan fingerprint density at radius 3 is 2.68 bits per heavy atom. The number of hydrogen-bond acceptors (Lipinski definition) is 5. The molecule has 34 heavy (non-hydrogen) atoms. The molecule has 1 aromatic carbocycles. The van der Waals surface area contributed by atoms with Gasteiger partial charge in [-0.3, -0.25) is 9.32 Å². The molecule has 1 aliphatic carbocycles. The highest BCUT2D eigenvalue weighted by Gasteiger charge is 2.46. The van der Waals surface area contributed by atoms with Crippen LogP contribution in [0.2, 0.25) is 0 Å². The first kappa shape index (κ1) is 26.9. The van der Waals surface area contributed by atoms with E-state index in [1.807, 2.05) is 6.07 Å². The summed E-state index contributed by atoms with van der Waals surface area (Å²) in [6.07, 6.45) is 9.34. The first-order chi connectivity index (χ1) is 16.0. The van der Waals surface area contributed by atoms with Crippen molar-refractivity contribution in [2.24, 2.45) is 5.92 Å². The van der Waals surface area contributed by atoms with E-state index in [4.69, 9.17) is 19.3 Å². The van der Waals surface area contributed by atoms with E-state index < -0.39 is 7.82 Å². The van der Waals surface area contributed by atoms with Crippen LogP contribution in [0.1, 0.15) is 96.1 Å². The first-order valence-electron chi connectivity index (χ1n) is 12.4. The number of fused-ring (bicyclic) bond motifs is 3. The van der Waals surface area contributed by atoms with Crippen LogP contribution in [0.15, 0.2) is 23.8 Å². The Labute approximate surface area is 203 Å². The molecule has 0 spiro atoms. The molecule has 2 N–H and O–H groups in total. The number of unbranched alkanes of at least 4 members (excludes halogenated alkanes) is 3. The lowest BCUT2D eigenvalue weighted by atomic mass is 9.67. The fourth-order valence-electron chi connectivity index (χ4n) is 5.14. The molecule has 7 nitrogen and oxygen atoms in total.